The molecule has 1 unspecified atom stereocenters. The number of piperidine rings is 1. The van der Waals surface area contributed by atoms with Crippen molar-refractivity contribution in [3.8, 4) is 0 Å². The van der Waals surface area contributed by atoms with E-state index in [0.29, 0.717) is 5.41 Å². The fourth-order valence-electron chi connectivity index (χ4n) is 2.94. The number of hydrogen-bond donors (Lipinski definition) is 2. The molecule has 92 valence electrons. The Morgan fingerprint density at radius 2 is 2.25 bits per heavy atom. The molecule has 2 atom stereocenters. The first kappa shape index (κ1) is 11.9. The normalized spacial score (nSPS) is 35.1. The minimum absolute atomic E-state index is 0.257. The fourth-order valence-corrected chi connectivity index (χ4v) is 2.94. The highest BCUT2D eigenvalue weighted by atomic mass is 16.4. The molecular weight excluding hydrogens is 204 g/mol. The molecule has 0 aromatic heterocycles. The Morgan fingerprint density at radius 1 is 1.50 bits per heavy atom. The smallest absolute Gasteiger partial charge is 0.320 e. The van der Waals surface area contributed by atoms with E-state index in [4.69, 9.17) is 0 Å². The quantitative estimate of drug-likeness (QED) is 0.744. The fraction of sp³-hybridized carbons (Fsp3) is 0.917. The molecule has 2 aliphatic heterocycles. The average Bonchev–Trinajstić information content (AvgIpc) is 2.64. The molecule has 0 spiro atoms. The Kier molecular flexibility index (Phi) is 3.22. The van der Waals surface area contributed by atoms with Crippen molar-refractivity contribution in [2.75, 3.05) is 13.1 Å². The Labute approximate surface area is 97.0 Å². The highest BCUT2D eigenvalue weighted by Gasteiger charge is 2.39. The molecule has 0 amide bonds. The highest BCUT2D eigenvalue weighted by molar-refractivity contribution is 5.73. The molecular formula is C12H22N2O2. The number of hydrogen-bond acceptors (Lipinski definition) is 3. The first-order valence-electron chi connectivity index (χ1n) is 6.21. The highest BCUT2D eigenvalue weighted by Crippen LogP contribution is 2.33. The zero-order valence-corrected chi connectivity index (χ0v) is 10.2. The van der Waals surface area contributed by atoms with Crippen molar-refractivity contribution in [2.45, 2.75) is 51.7 Å². The van der Waals surface area contributed by atoms with Gasteiger partial charge >= 0.3 is 5.97 Å². The van der Waals surface area contributed by atoms with E-state index in [-0.39, 0.29) is 12.2 Å². The van der Waals surface area contributed by atoms with Crippen LogP contribution in [0.25, 0.3) is 0 Å². The van der Waals surface area contributed by atoms with Crippen molar-refractivity contribution in [1.82, 2.24) is 10.2 Å². The third kappa shape index (κ3) is 2.38. The van der Waals surface area contributed by atoms with Gasteiger partial charge in [-0.15, -0.1) is 0 Å². The lowest BCUT2D eigenvalue weighted by atomic mass is 9.81. The van der Waals surface area contributed by atoms with Crippen LogP contribution in [0.5, 0.6) is 0 Å². The summed E-state index contributed by atoms with van der Waals surface area (Å²) in [6.07, 6.45) is 4.29. The first-order chi connectivity index (χ1) is 7.49. The maximum Gasteiger partial charge on any atom is 0.320 e. The van der Waals surface area contributed by atoms with Gasteiger partial charge in [0.1, 0.15) is 6.04 Å². The maximum atomic E-state index is 11.1. The third-order valence-electron chi connectivity index (χ3n) is 3.91. The minimum atomic E-state index is -0.664. The summed E-state index contributed by atoms with van der Waals surface area (Å²) >= 11 is 0. The molecule has 2 fully saturated rings. The van der Waals surface area contributed by atoms with Gasteiger partial charge in [0.05, 0.1) is 6.17 Å². The van der Waals surface area contributed by atoms with Crippen LogP contribution in [0.15, 0.2) is 0 Å². The van der Waals surface area contributed by atoms with Crippen molar-refractivity contribution < 1.29 is 9.90 Å². The Bertz CT molecular complexity index is 278. The summed E-state index contributed by atoms with van der Waals surface area (Å²) in [5.41, 5.74) is 0.335. The molecule has 0 radical (unpaired) electrons. The summed E-state index contributed by atoms with van der Waals surface area (Å²) in [5, 5.41) is 12.6. The van der Waals surface area contributed by atoms with Crippen LogP contribution in [-0.4, -0.2) is 41.3 Å². The van der Waals surface area contributed by atoms with Gasteiger partial charge in [-0.2, -0.15) is 0 Å². The standard InChI is InChI=1S/C12H22N2O2/c1-12(2)5-6-13-10(8-12)14-7-3-4-9(14)11(15)16/h9-10,13H,3-8H2,1-2H3,(H,15,16)/t9-,10?/m0/s1. The molecule has 4 heteroatoms. The van der Waals surface area contributed by atoms with E-state index in [0.717, 1.165) is 32.4 Å². The predicted octanol–water partition coefficient (Wildman–Crippen LogP) is 1.27. The van der Waals surface area contributed by atoms with Crippen molar-refractivity contribution >= 4 is 5.97 Å². The van der Waals surface area contributed by atoms with E-state index < -0.39 is 5.97 Å². The van der Waals surface area contributed by atoms with Gasteiger partial charge in [-0.05, 0) is 37.6 Å². The molecule has 0 aromatic rings. The van der Waals surface area contributed by atoms with Gasteiger partial charge in [0.2, 0.25) is 0 Å². The van der Waals surface area contributed by atoms with Crippen LogP contribution in [-0.2, 0) is 4.79 Å². The molecule has 0 bridgehead atoms. The second-order valence-corrected chi connectivity index (χ2v) is 5.82. The van der Waals surface area contributed by atoms with Crippen LogP contribution < -0.4 is 5.32 Å². The largest absolute Gasteiger partial charge is 0.480 e. The van der Waals surface area contributed by atoms with Gasteiger partial charge in [-0.1, -0.05) is 13.8 Å². The van der Waals surface area contributed by atoms with Gasteiger partial charge in [0.25, 0.3) is 0 Å². The molecule has 2 N–H and O–H groups in total. The monoisotopic (exact) mass is 226 g/mol. The average molecular weight is 226 g/mol. The topological polar surface area (TPSA) is 52.6 Å². The lowest BCUT2D eigenvalue weighted by Gasteiger charge is -2.41. The number of carboxylic acid groups (broad SMARTS) is 1. The molecule has 2 heterocycles. The molecule has 0 aromatic carbocycles. The van der Waals surface area contributed by atoms with Crippen LogP contribution in [0.3, 0.4) is 0 Å². The van der Waals surface area contributed by atoms with E-state index in [1.54, 1.807) is 0 Å². The SMILES string of the molecule is CC1(C)CCNC(N2CCC[C@H]2C(=O)O)C1. The molecule has 0 aliphatic carbocycles. The number of aliphatic carboxylic acids is 1. The van der Waals surface area contributed by atoms with Crippen molar-refractivity contribution in [1.29, 1.82) is 0 Å². The van der Waals surface area contributed by atoms with Gasteiger partial charge < -0.3 is 10.4 Å². The molecule has 2 aliphatic rings. The van der Waals surface area contributed by atoms with Gasteiger partial charge in [-0.25, -0.2) is 0 Å². The van der Waals surface area contributed by atoms with Gasteiger partial charge in [0.15, 0.2) is 0 Å². The van der Waals surface area contributed by atoms with E-state index in [1.165, 1.54) is 6.42 Å². The zero-order valence-electron chi connectivity index (χ0n) is 10.2. The number of likely N-dealkylation sites (tertiary alicyclic amines) is 1. The third-order valence-corrected chi connectivity index (χ3v) is 3.91. The van der Waals surface area contributed by atoms with E-state index in [9.17, 15) is 9.90 Å². The van der Waals surface area contributed by atoms with Gasteiger partial charge in [-0.3, -0.25) is 9.69 Å². The van der Waals surface area contributed by atoms with E-state index >= 15 is 0 Å². The van der Waals surface area contributed by atoms with Crippen LogP contribution in [0.4, 0.5) is 0 Å². The summed E-state index contributed by atoms with van der Waals surface area (Å²) in [7, 11) is 0. The summed E-state index contributed by atoms with van der Waals surface area (Å²) < 4.78 is 0. The van der Waals surface area contributed by atoms with Crippen LogP contribution in [0, 0.1) is 5.41 Å². The molecule has 4 nitrogen and oxygen atoms in total. The molecule has 0 saturated carbocycles. The summed E-state index contributed by atoms with van der Waals surface area (Å²) in [4.78, 5) is 13.3. The number of carbonyl (C=O) groups is 1. The Hall–Kier alpha value is -0.610. The molecule has 2 saturated heterocycles. The number of nitrogens with zero attached hydrogens (tertiary/aromatic N) is 1. The summed E-state index contributed by atoms with van der Waals surface area (Å²) in [6.45, 7) is 6.46. The predicted molar refractivity (Wildman–Crippen MR) is 62.2 cm³/mol. The first-order valence-corrected chi connectivity index (χ1v) is 6.21. The second kappa shape index (κ2) is 4.34. The lowest BCUT2D eigenvalue weighted by Crippen LogP contribution is -2.55. The molecule has 2 rings (SSSR count). The van der Waals surface area contributed by atoms with Crippen LogP contribution in [0.1, 0.15) is 39.5 Å². The summed E-state index contributed by atoms with van der Waals surface area (Å²) in [5.74, 6) is -0.664. The van der Waals surface area contributed by atoms with Crippen molar-refractivity contribution in [3.63, 3.8) is 0 Å². The Balaban J connectivity index is 2.03. The zero-order chi connectivity index (χ0) is 11.8. The minimum Gasteiger partial charge on any atom is -0.480 e. The van der Waals surface area contributed by atoms with E-state index in [1.807, 2.05) is 0 Å². The van der Waals surface area contributed by atoms with Crippen LogP contribution >= 0.6 is 0 Å². The lowest BCUT2D eigenvalue weighted by molar-refractivity contribution is -0.143. The Morgan fingerprint density at radius 3 is 2.88 bits per heavy atom. The summed E-state index contributed by atoms with van der Waals surface area (Å²) in [6, 6.07) is -0.272. The van der Waals surface area contributed by atoms with Crippen LogP contribution in [0.2, 0.25) is 0 Å². The van der Waals surface area contributed by atoms with E-state index in [2.05, 4.69) is 24.1 Å². The van der Waals surface area contributed by atoms with Crippen molar-refractivity contribution in [2.24, 2.45) is 5.41 Å². The number of nitrogens with one attached hydrogen (secondary N) is 1. The number of carboxylic acids is 1. The van der Waals surface area contributed by atoms with Gasteiger partial charge in [0, 0.05) is 6.54 Å². The maximum absolute atomic E-state index is 11.1. The molecule has 16 heavy (non-hydrogen) atoms. The van der Waals surface area contributed by atoms with Crippen molar-refractivity contribution in [3.05, 3.63) is 0 Å². The number of rotatable bonds is 2. The second-order valence-electron chi connectivity index (χ2n) is 5.82.